The van der Waals surface area contributed by atoms with Gasteiger partial charge in [-0.25, -0.2) is 0 Å². The lowest BCUT2D eigenvalue weighted by molar-refractivity contribution is 0.457. The third-order valence-electron chi connectivity index (χ3n) is 3.79. The first-order valence-corrected chi connectivity index (χ1v) is 7.66. The van der Waals surface area contributed by atoms with Gasteiger partial charge in [-0.3, -0.25) is 0 Å². The molecule has 0 saturated heterocycles. The van der Waals surface area contributed by atoms with Crippen LogP contribution in [-0.2, 0) is 5.41 Å². The summed E-state index contributed by atoms with van der Waals surface area (Å²) in [6.07, 6.45) is 1.12. The lowest BCUT2D eigenvalue weighted by Gasteiger charge is -2.25. The predicted octanol–water partition coefficient (Wildman–Crippen LogP) is 4.76. The molecule has 0 bridgehead atoms. The van der Waals surface area contributed by atoms with Gasteiger partial charge in [0.1, 0.15) is 11.5 Å². The van der Waals surface area contributed by atoms with Crippen molar-refractivity contribution in [2.75, 3.05) is 13.1 Å². The van der Waals surface area contributed by atoms with Crippen LogP contribution in [0.15, 0.2) is 54.6 Å². The molecule has 1 N–H and O–H groups in total. The van der Waals surface area contributed by atoms with Crippen LogP contribution in [0.1, 0.15) is 32.8 Å². The standard InChI is InChI=1S/C19H25NO/c1-4-20-15-14-19(2,3)16-10-12-18(13-11-16)21-17-8-6-5-7-9-17/h5-13,20H,4,14-15H2,1-3H3. The topological polar surface area (TPSA) is 21.3 Å². The van der Waals surface area contributed by atoms with Gasteiger partial charge in [-0.05, 0) is 54.8 Å². The number of hydrogen-bond acceptors (Lipinski definition) is 2. The van der Waals surface area contributed by atoms with Crippen LogP contribution in [0.5, 0.6) is 11.5 Å². The molecule has 21 heavy (non-hydrogen) atoms. The van der Waals surface area contributed by atoms with Gasteiger partial charge < -0.3 is 10.1 Å². The fourth-order valence-corrected chi connectivity index (χ4v) is 2.32. The molecule has 2 heteroatoms. The lowest BCUT2D eigenvalue weighted by Crippen LogP contribution is -2.25. The molecule has 0 atom stereocenters. The van der Waals surface area contributed by atoms with Crippen LogP contribution in [0, 0.1) is 0 Å². The normalized spacial score (nSPS) is 11.4. The lowest BCUT2D eigenvalue weighted by atomic mass is 9.81. The van der Waals surface area contributed by atoms with Gasteiger partial charge in [-0.15, -0.1) is 0 Å². The van der Waals surface area contributed by atoms with Crippen molar-refractivity contribution >= 4 is 0 Å². The van der Waals surface area contributed by atoms with E-state index < -0.39 is 0 Å². The molecule has 0 aliphatic rings. The summed E-state index contributed by atoms with van der Waals surface area (Å²) < 4.78 is 5.83. The summed E-state index contributed by atoms with van der Waals surface area (Å²) in [6, 6.07) is 18.3. The fraction of sp³-hybridized carbons (Fsp3) is 0.368. The van der Waals surface area contributed by atoms with E-state index in [4.69, 9.17) is 4.74 Å². The molecule has 2 aromatic rings. The van der Waals surface area contributed by atoms with E-state index in [2.05, 4.69) is 50.4 Å². The smallest absolute Gasteiger partial charge is 0.127 e. The van der Waals surface area contributed by atoms with Crippen LogP contribution in [-0.4, -0.2) is 13.1 Å². The first kappa shape index (κ1) is 15.6. The highest BCUT2D eigenvalue weighted by atomic mass is 16.5. The average Bonchev–Trinajstić information content (AvgIpc) is 2.49. The van der Waals surface area contributed by atoms with Crippen molar-refractivity contribution in [3.63, 3.8) is 0 Å². The molecule has 0 amide bonds. The van der Waals surface area contributed by atoms with Crippen LogP contribution in [0.2, 0.25) is 0 Å². The van der Waals surface area contributed by atoms with Gasteiger partial charge in [0, 0.05) is 0 Å². The highest BCUT2D eigenvalue weighted by Crippen LogP contribution is 2.29. The van der Waals surface area contributed by atoms with E-state index in [1.807, 2.05) is 30.3 Å². The van der Waals surface area contributed by atoms with Gasteiger partial charge in [0.05, 0.1) is 0 Å². The highest BCUT2D eigenvalue weighted by Gasteiger charge is 2.19. The molecule has 0 radical (unpaired) electrons. The summed E-state index contributed by atoms with van der Waals surface area (Å²) in [5, 5.41) is 3.39. The largest absolute Gasteiger partial charge is 0.457 e. The zero-order valence-electron chi connectivity index (χ0n) is 13.2. The Bertz CT molecular complexity index is 531. The van der Waals surface area contributed by atoms with E-state index in [-0.39, 0.29) is 5.41 Å². The first-order valence-electron chi connectivity index (χ1n) is 7.66. The molecule has 0 aliphatic heterocycles. The molecular formula is C19H25NO. The van der Waals surface area contributed by atoms with Crippen molar-refractivity contribution in [1.29, 1.82) is 0 Å². The number of ether oxygens (including phenoxy) is 1. The van der Waals surface area contributed by atoms with Crippen LogP contribution in [0.25, 0.3) is 0 Å². The fourth-order valence-electron chi connectivity index (χ4n) is 2.32. The maximum absolute atomic E-state index is 5.83. The molecule has 0 fully saturated rings. The molecule has 2 nitrogen and oxygen atoms in total. The summed E-state index contributed by atoms with van der Waals surface area (Å²) in [5.74, 6) is 1.75. The van der Waals surface area contributed by atoms with Gasteiger partial charge in [0.15, 0.2) is 0 Å². The van der Waals surface area contributed by atoms with E-state index in [0.717, 1.165) is 31.0 Å². The number of benzene rings is 2. The van der Waals surface area contributed by atoms with Gasteiger partial charge in [0.25, 0.3) is 0 Å². The molecule has 2 rings (SSSR count). The Balaban J connectivity index is 2.01. The quantitative estimate of drug-likeness (QED) is 0.740. The Labute approximate surface area is 128 Å². The van der Waals surface area contributed by atoms with E-state index in [1.165, 1.54) is 5.56 Å². The molecule has 0 aromatic heterocycles. The Morgan fingerprint density at radius 3 is 2.14 bits per heavy atom. The zero-order valence-corrected chi connectivity index (χ0v) is 13.2. The number of para-hydroxylation sites is 1. The van der Waals surface area contributed by atoms with Crippen LogP contribution < -0.4 is 10.1 Å². The molecule has 112 valence electrons. The van der Waals surface area contributed by atoms with Crippen molar-refractivity contribution in [3.8, 4) is 11.5 Å². The molecule has 0 aliphatic carbocycles. The van der Waals surface area contributed by atoms with Crippen molar-refractivity contribution in [3.05, 3.63) is 60.2 Å². The second-order valence-corrected chi connectivity index (χ2v) is 5.93. The summed E-state index contributed by atoms with van der Waals surface area (Å²) >= 11 is 0. The third kappa shape index (κ3) is 4.61. The minimum Gasteiger partial charge on any atom is -0.457 e. The first-order chi connectivity index (χ1) is 10.1. The predicted molar refractivity (Wildman–Crippen MR) is 89.1 cm³/mol. The number of rotatable bonds is 7. The molecule has 2 aromatic carbocycles. The Morgan fingerprint density at radius 2 is 1.52 bits per heavy atom. The Hall–Kier alpha value is -1.80. The van der Waals surface area contributed by atoms with E-state index in [9.17, 15) is 0 Å². The monoisotopic (exact) mass is 283 g/mol. The van der Waals surface area contributed by atoms with Gasteiger partial charge in [-0.2, -0.15) is 0 Å². The van der Waals surface area contributed by atoms with Crippen LogP contribution in [0.3, 0.4) is 0 Å². The minimum atomic E-state index is 0.174. The van der Waals surface area contributed by atoms with Gasteiger partial charge >= 0.3 is 0 Å². The maximum Gasteiger partial charge on any atom is 0.127 e. The molecular weight excluding hydrogens is 258 g/mol. The van der Waals surface area contributed by atoms with Gasteiger partial charge in [-0.1, -0.05) is 51.1 Å². The second-order valence-electron chi connectivity index (χ2n) is 5.93. The van der Waals surface area contributed by atoms with Crippen molar-refractivity contribution in [2.24, 2.45) is 0 Å². The van der Waals surface area contributed by atoms with Crippen molar-refractivity contribution in [1.82, 2.24) is 5.32 Å². The Kier molecular flexibility index (Phi) is 5.40. The summed E-state index contributed by atoms with van der Waals surface area (Å²) in [7, 11) is 0. The third-order valence-corrected chi connectivity index (χ3v) is 3.79. The SMILES string of the molecule is CCNCCC(C)(C)c1ccc(Oc2ccccc2)cc1. The average molecular weight is 283 g/mol. The molecule has 0 saturated carbocycles. The van der Waals surface area contributed by atoms with Crippen molar-refractivity contribution in [2.45, 2.75) is 32.6 Å². The van der Waals surface area contributed by atoms with E-state index >= 15 is 0 Å². The summed E-state index contributed by atoms with van der Waals surface area (Å²) in [5.41, 5.74) is 1.52. The number of nitrogens with one attached hydrogen (secondary N) is 1. The van der Waals surface area contributed by atoms with E-state index in [1.54, 1.807) is 0 Å². The molecule has 0 spiro atoms. The molecule has 0 heterocycles. The van der Waals surface area contributed by atoms with E-state index in [0.29, 0.717) is 0 Å². The zero-order chi connectivity index (χ0) is 15.1. The summed E-state index contributed by atoms with van der Waals surface area (Å²) in [6.45, 7) is 8.79. The van der Waals surface area contributed by atoms with Crippen LogP contribution in [0.4, 0.5) is 0 Å². The number of hydrogen-bond donors (Lipinski definition) is 1. The summed E-state index contributed by atoms with van der Waals surface area (Å²) in [4.78, 5) is 0. The highest BCUT2D eigenvalue weighted by molar-refractivity contribution is 5.35. The van der Waals surface area contributed by atoms with Crippen LogP contribution >= 0.6 is 0 Å². The second kappa shape index (κ2) is 7.28. The van der Waals surface area contributed by atoms with Gasteiger partial charge in [0.2, 0.25) is 0 Å². The Morgan fingerprint density at radius 1 is 0.905 bits per heavy atom. The maximum atomic E-state index is 5.83. The van der Waals surface area contributed by atoms with Crippen molar-refractivity contribution < 1.29 is 4.74 Å². The molecule has 0 unspecified atom stereocenters. The minimum absolute atomic E-state index is 0.174.